The monoisotopic (exact) mass is 161 g/mol. The van der Waals surface area contributed by atoms with Gasteiger partial charge in [0.15, 0.2) is 0 Å². The molecule has 0 aromatic rings. The molecular weight excluding hydrogens is 146 g/mol. The fourth-order valence-corrected chi connectivity index (χ4v) is 0.390. The standard InChI is InChI=1S/C6H15N3O2/c1-6(2,3)8(5)9(10)11-7-4/h9H,4H2,1-3,5H3. The van der Waals surface area contributed by atoms with E-state index in [2.05, 4.69) is 16.8 Å². The Morgan fingerprint density at radius 1 is 1.55 bits per heavy atom. The molecule has 0 bridgehead atoms. The molecule has 1 unspecified atom stereocenters. The van der Waals surface area contributed by atoms with Crippen LogP contribution in [0, 0.1) is 5.21 Å². The van der Waals surface area contributed by atoms with Gasteiger partial charge in [0, 0.05) is 13.8 Å². The molecule has 0 aliphatic heterocycles. The van der Waals surface area contributed by atoms with Crippen molar-refractivity contribution in [1.29, 1.82) is 0 Å². The molecule has 5 nitrogen and oxygen atoms in total. The molecular formula is C6H15N3O2. The molecule has 0 fully saturated rings. The third-order valence-corrected chi connectivity index (χ3v) is 1.42. The van der Waals surface area contributed by atoms with Crippen LogP contribution in [0.2, 0.25) is 0 Å². The first-order valence-electron chi connectivity index (χ1n) is 3.30. The largest absolute Gasteiger partial charge is 0.568 e. The normalized spacial score (nSPS) is 14.7. The van der Waals surface area contributed by atoms with E-state index in [1.54, 1.807) is 7.05 Å². The number of nitrogens with one attached hydrogen (secondary N) is 1. The second-order valence-electron chi connectivity index (χ2n) is 3.22. The van der Waals surface area contributed by atoms with E-state index in [0.29, 0.717) is 0 Å². The fourth-order valence-electron chi connectivity index (χ4n) is 0.390. The van der Waals surface area contributed by atoms with E-state index < -0.39 is 5.34 Å². The number of nitrogens with zero attached hydrogens (tertiary/aromatic N) is 2. The quantitative estimate of drug-likeness (QED) is 0.451. The summed E-state index contributed by atoms with van der Waals surface area (Å²) in [6.07, 6.45) is 0. The highest BCUT2D eigenvalue weighted by Gasteiger charge is 2.24. The van der Waals surface area contributed by atoms with Crippen molar-refractivity contribution in [3.8, 4) is 0 Å². The van der Waals surface area contributed by atoms with E-state index in [9.17, 15) is 5.21 Å². The van der Waals surface area contributed by atoms with Gasteiger partial charge in [-0.15, -0.1) is 5.01 Å². The second kappa shape index (κ2) is 3.66. The van der Waals surface area contributed by atoms with Crippen LogP contribution in [0.25, 0.3) is 0 Å². The molecule has 0 aliphatic carbocycles. The molecule has 66 valence electrons. The summed E-state index contributed by atoms with van der Waals surface area (Å²) >= 11 is 0. The lowest BCUT2D eigenvalue weighted by atomic mass is 10.1. The minimum Gasteiger partial charge on any atom is -0.568 e. The Bertz CT molecular complexity index is 132. The molecule has 0 saturated carbocycles. The van der Waals surface area contributed by atoms with Gasteiger partial charge < -0.3 is 5.21 Å². The molecule has 1 N–H and O–H groups in total. The molecule has 0 amide bonds. The Kier molecular flexibility index (Phi) is 3.44. The number of rotatable bonds is 3. The summed E-state index contributed by atoms with van der Waals surface area (Å²) in [5, 5.41) is 14.9. The summed E-state index contributed by atoms with van der Waals surface area (Å²) in [6.45, 7) is 8.75. The Labute approximate surface area is 66.7 Å². The molecule has 0 aromatic carbocycles. The van der Waals surface area contributed by atoms with Crippen LogP contribution in [-0.2, 0) is 4.94 Å². The zero-order chi connectivity index (χ0) is 9.07. The Morgan fingerprint density at radius 2 is 2.00 bits per heavy atom. The fraction of sp³-hybridized carbons (Fsp3) is 0.833. The second-order valence-corrected chi connectivity index (χ2v) is 3.22. The van der Waals surface area contributed by atoms with Gasteiger partial charge in [-0.1, -0.05) is 5.34 Å². The van der Waals surface area contributed by atoms with Crippen molar-refractivity contribution in [3.63, 3.8) is 0 Å². The minimum atomic E-state index is -0.493. The Hall–Kier alpha value is -0.650. The summed E-state index contributed by atoms with van der Waals surface area (Å²) in [5.41, 5.74) is -0.248. The molecule has 1 atom stereocenters. The molecule has 0 spiro atoms. The van der Waals surface area contributed by atoms with Crippen LogP contribution in [-0.4, -0.2) is 24.3 Å². The van der Waals surface area contributed by atoms with Crippen LogP contribution in [0.1, 0.15) is 20.8 Å². The van der Waals surface area contributed by atoms with Crippen molar-refractivity contribution in [2.75, 3.05) is 7.05 Å². The summed E-state index contributed by atoms with van der Waals surface area (Å²) in [6, 6.07) is 0. The van der Waals surface area contributed by atoms with Crippen molar-refractivity contribution < 1.29 is 10.3 Å². The predicted octanol–water partition coefficient (Wildman–Crippen LogP) is -0.438. The molecule has 0 rings (SSSR count). The lowest BCUT2D eigenvalue weighted by molar-refractivity contribution is -1.15. The zero-order valence-corrected chi connectivity index (χ0v) is 7.42. The van der Waals surface area contributed by atoms with Crippen LogP contribution in [0.3, 0.4) is 0 Å². The first-order chi connectivity index (χ1) is 4.89. The van der Waals surface area contributed by atoms with Gasteiger partial charge in [0.25, 0.3) is 0 Å². The van der Waals surface area contributed by atoms with Gasteiger partial charge in [0.2, 0.25) is 0 Å². The molecule has 0 radical (unpaired) electrons. The Balaban J connectivity index is 4.01. The van der Waals surface area contributed by atoms with Crippen LogP contribution >= 0.6 is 0 Å². The average molecular weight is 161 g/mol. The van der Waals surface area contributed by atoms with Crippen molar-refractivity contribution in [1.82, 2.24) is 5.01 Å². The van der Waals surface area contributed by atoms with E-state index in [-0.39, 0.29) is 5.54 Å². The number of oxime groups is 1. The maximum atomic E-state index is 11.0. The van der Waals surface area contributed by atoms with Crippen LogP contribution < -0.4 is 5.34 Å². The highest BCUT2D eigenvalue weighted by Crippen LogP contribution is 2.04. The van der Waals surface area contributed by atoms with Gasteiger partial charge in [-0.05, 0) is 25.9 Å². The number of quaternary nitrogens is 1. The summed E-state index contributed by atoms with van der Waals surface area (Å²) in [5.74, 6) is 0. The van der Waals surface area contributed by atoms with Crippen molar-refractivity contribution in [2.45, 2.75) is 26.3 Å². The van der Waals surface area contributed by atoms with Gasteiger partial charge in [-0.2, -0.15) is 4.94 Å². The molecule has 0 aliphatic rings. The summed E-state index contributed by atoms with van der Waals surface area (Å²) in [4.78, 5) is 4.33. The number of hydrogen-bond donors (Lipinski definition) is 1. The van der Waals surface area contributed by atoms with E-state index in [1.165, 1.54) is 5.01 Å². The smallest absolute Gasteiger partial charge is 0.0654 e. The number of hydrogen-bond acceptors (Lipinski definition) is 4. The first-order valence-corrected chi connectivity index (χ1v) is 3.30. The molecule has 0 heterocycles. The van der Waals surface area contributed by atoms with Gasteiger partial charge in [0.05, 0.1) is 5.54 Å². The van der Waals surface area contributed by atoms with Crippen LogP contribution in [0.4, 0.5) is 0 Å². The lowest BCUT2D eigenvalue weighted by Crippen LogP contribution is -3.13. The SMILES string of the molecule is C=NO[NH+]([O-])N(C)C(C)(C)C. The lowest BCUT2D eigenvalue weighted by Gasteiger charge is -2.34. The zero-order valence-electron chi connectivity index (χ0n) is 7.42. The van der Waals surface area contributed by atoms with E-state index >= 15 is 0 Å². The summed E-state index contributed by atoms with van der Waals surface area (Å²) < 4.78 is 0. The van der Waals surface area contributed by atoms with E-state index in [1.807, 2.05) is 20.8 Å². The summed E-state index contributed by atoms with van der Waals surface area (Å²) in [7, 11) is 1.65. The molecule has 0 saturated heterocycles. The van der Waals surface area contributed by atoms with Gasteiger partial charge in [0.1, 0.15) is 0 Å². The van der Waals surface area contributed by atoms with Crippen molar-refractivity contribution in [3.05, 3.63) is 5.21 Å². The topological polar surface area (TPSA) is 52.3 Å². The van der Waals surface area contributed by atoms with Crippen molar-refractivity contribution >= 4 is 6.72 Å². The third kappa shape index (κ3) is 3.31. The predicted molar refractivity (Wildman–Crippen MR) is 42.5 cm³/mol. The molecule has 5 heteroatoms. The molecule has 0 aromatic heterocycles. The van der Waals surface area contributed by atoms with Crippen LogP contribution in [0.5, 0.6) is 0 Å². The van der Waals surface area contributed by atoms with Gasteiger partial charge in [-0.3, -0.25) is 0 Å². The average Bonchev–Trinajstić information content (AvgIpc) is 1.85. The third-order valence-electron chi connectivity index (χ3n) is 1.42. The minimum absolute atomic E-state index is 0.248. The first kappa shape index (κ1) is 10.3. The highest BCUT2D eigenvalue weighted by atomic mass is 17.0. The maximum Gasteiger partial charge on any atom is 0.0654 e. The van der Waals surface area contributed by atoms with Crippen molar-refractivity contribution in [2.24, 2.45) is 5.16 Å². The van der Waals surface area contributed by atoms with Gasteiger partial charge >= 0.3 is 0 Å². The molecule has 11 heavy (non-hydrogen) atoms. The Morgan fingerprint density at radius 3 is 2.27 bits per heavy atom. The van der Waals surface area contributed by atoms with Gasteiger partial charge in [-0.25, -0.2) is 0 Å². The van der Waals surface area contributed by atoms with E-state index in [4.69, 9.17) is 0 Å². The maximum absolute atomic E-state index is 11.0. The highest BCUT2D eigenvalue weighted by molar-refractivity contribution is 5.21. The van der Waals surface area contributed by atoms with E-state index in [0.717, 1.165) is 0 Å². The van der Waals surface area contributed by atoms with Crippen LogP contribution in [0.15, 0.2) is 5.16 Å².